The van der Waals surface area contributed by atoms with Crippen LogP contribution in [-0.2, 0) is 15.8 Å². The summed E-state index contributed by atoms with van der Waals surface area (Å²) in [5.41, 5.74) is 1.53. The van der Waals surface area contributed by atoms with Gasteiger partial charge in [0.25, 0.3) is 0 Å². The summed E-state index contributed by atoms with van der Waals surface area (Å²) in [5.74, 6) is 0.0787. The molecule has 2 aliphatic heterocycles. The monoisotopic (exact) mass is 403 g/mol. The summed E-state index contributed by atoms with van der Waals surface area (Å²) in [4.78, 5) is 12.6. The van der Waals surface area contributed by atoms with Crippen molar-refractivity contribution in [3.63, 3.8) is 0 Å². The molecule has 2 aromatic carbocycles. The molecule has 0 aliphatic carbocycles. The summed E-state index contributed by atoms with van der Waals surface area (Å²) < 4.78 is 46.1. The number of fused-ring (bicyclic) bond motifs is 1. The third-order valence-corrected chi connectivity index (χ3v) is 7.38. The molecule has 0 radical (unpaired) electrons. The highest BCUT2D eigenvalue weighted by Crippen LogP contribution is 2.40. The van der Waals surface area contributed by atoms with Crippen LogP contribution in [0, 0.1) is 12.7 Å². The van der Waals surface area contributed by atoms with Gasteiger partial charge < -0.3 is 4.74 Å². The highest BCUT2D eigenvalue weighted by Gasteiger charge is 2.44. The minimum atomic E-state index is -3.51. The largest absolute Gasteiger partial charge is 0.486 e. The fraction of sp³-hybridized carbons (Fsp3) is 0.381. The van der Waals surface area contributed by atoms with Gasteiger partial charge in [-0.25, -0.2) is 17.1 Å². The average Bonchev–Trinajstić information content (AvgIpc) is 2.65. The van der Waals surface area contributed by atoms with E-state index in [0.29, 0.717) is 42.8 Å². The summed E-state index contributed by atoms with van der Waals surface area (Å²) in [6, 6.07) is 11.1. The molecule has 0 atom stereocenters. The molecule has 148 valence electrons. The van der Waals surface area contributed by atoms with E-state index >= 15 is 0 Å². The third kappa shape index (κ3) is 3.69. The molecular weight excluding hydrogens is 381 g/mol. The number of nitrogens with zero attached hydrogens (tertiary/aromatic N) is 1. The van der Waals surface area contributed by atoms with Gasteiger partial charge in [0.15, 0.2) is 5.78 Å². The Morgan fingerprint density at radius 2 is 1.79 bits per heavy atom. The van der Waals surface area contributed by atoms with Crippen molar-refractivity contribution >= 4 is 15.8 Å². The van der Waals surface area contributed by atoms with Crippen LogP contribution in [0.15, 0.2) is 42.5 Å². The van der Waals surface area contributed by atoms with Gasteiger partial charge in [0.2, 0.25) is 10.0 Å². The molecule has 28 heavy (non-hydrogen) atoms. The number of Topliss-reactive ketones (excluding diaryl/α,β-unsaturated/α-hetero) is 1. The van der Waals surface area contributed by atoms with Gasteiger partial charge in [-0.15, -0.1) is 0 Å². The molecule has 0 amide bonds. The van der Waals surface area contributed by atoms with Crippen LogP contribution in [-0.4, -0.2) is 37.2 Å². The van der Waals surface area contributed by atoms with Crippen molar-refractivity contribution in [3.8, 4) is 5.75 Å². The minimum Gasteiger partial charge on any atom is -0.486 e. The Kier molecular flexibility index (Phi) is 4.75. The Labute approximate surface area is 164 Å². The fourth-order valence-electron chi connectivity index (χ4n) is 3.94. The van der Waals surface area contributed by atoms with Crippen LogP contribution in [0.4, 0.5) is 4.39 Å². The Hall–Kier alpha value is -2.25. The lowest BCUT2D eigenvalue weighted by Crippen LogP contribution is -2.52. The van der Waals surface area contributed by atoms with Crippen LogP contribution in [0.2, 0.25) is 0 Å². The lowest BCUT2D eigenvalue weighted by atomic mass is 9.83. The van der Waals surface area contributed by atoms with Crippen LogP contribution in [0.25, 0.3) is 0 Å². The van der Waals surface area contributed by atoms with Gasteiger partial charge in [-0.05, 0) is 36.8 Å². The van der Waals surface area contributed by atoms with Crippen LogP contribution in [0.5, 0.6) is 5.75 Å². The van der Waals surface area contributed by atoms with E-state index in [9.17, 15) is 17.6 Å². The molecule has 1 saturated heterocycles. The lowest BCUT2D eigenvalue weighted by Gasteiger charge is -2.43. The van der Waals surface area contributed by atoms with Gasteiger partial charge >= 0.3 is 0 Å². The molecule has 0 N–H and O–H groups in total. The summed E-state index contributed by atoms with van der Waals surface area (Å²) in [6.07, 6.45) is 1.21. The first-order chi connectivity index (χ1) is 13.3. The van der Waals surface area contributed by atoms with Gasteiger partial charge in [0.05, 0.1) is 17.7 Å². The number of hydrogen-bond acceptors (Lipinski definition) is 4. The summed E-state index contributed by atoms with van der Waals surface area (Å²) >= 11 is 0. The predicted molar refractivity (Wildman–Crippen MR) is 103 cm³/mol. The quantitative estimate of drug-likeness (QED) is 0.787. The predicted octanol–water partition coefficient (Wildman–Crippen LogP) is 3.46. The Balaban J connectivity index is 1.46. The van der Waals surface area contributed by atoms with Gasteiger partial charge in [0.1, 0.15) is 17.2 Å². The zero-order chi connectivity index (χ0) is 19.9. The molecular formula is C21H22FNO4S. The highest BCUT2D eigenvalue weighted by molar-refractivity contribution is 7.88. The maximum absolute atomic E-state index is 13.0. The van der Waals surface area contributed by atoms with E-state index in [0.717, 1.165) is 5.56 Å². The molecule has 2 aliphatic rings. The van der Waals surface area contributed by atoms with Gasteiger partial charge in [-0.1, -0.05) is 23.8 Å². The number of rotatable bonds is 3. The third-order valence-electron chi connectivity index (χ3n) is 5.53. The number of hydrogen-bond donors (Lipinski definition) is 0. The number of carbonyl (C=O) groups is 1. The SMILES string of the molecule is Cc1ccc2c(c1)C(=O)CC1(CCN(S(=O)(=O)Cc3ccc(F)cc3)CC1)O2. The van der Waals surface area contributed by atoms with Crippen LogP contribution in [0.1, 0.15) is 40.7 Å². The van der Waals surface area contributed by atoms with Crippen molar-refractivity contribution in [1.29, 1.82) is 0 Å². The lowest BCUT2D eigenvalue weighted by molar-refractivity contribution is 0.00587. The highest BCUT2D eigenvalue weighted by atomic mass is 32.2. The van der Waals surface area contributed by atoms with Crippen molar-refractivity contribution in [2.45, 2.75) is 37.5 Å². The van der Waals surface area contributed by atoms with Crippen LogP contribution < -0.4 is 4.74 Å². The Morgan fingerprint density at radius 1 is 1.11 bits per heavy atom. The number of aryl methyl sites for hydroxylation is 1. The molecule has 4 rings (SSSR count). The molecule has 0 unspecified atom stereocenters. The second-order valence-corrected chi connectivity index (χ2v) is 9.64. The van der Waals surface area contributed by atoms with E-state index in [1.807, 2.05) is 25.1 Å². The average molecular weight is 403 g/mol. The van der Waals surface area contributed by atoms with E-state index in [4.69, 9.17) is 4.74 Å². The fourth-order valence-corrected chi connectivity index (χ4v) is 5.48. The molecule has 7 heteroatoms. The van der Waals surface area contributed by atoms with Crippen LogP contribution >= 0.6 is 0 Å². The maximum Gasteiger partial charge on any atom is 0.218 e. The second kappa shape index (κ2) is 6.97. The molecule has 1 spiro atoms. The standard InChI is InChI=1S/C21H22FNO4S/c1-15-2-7-20-18(12-15)19(24)13-21(27-20)8-10-23(11-9-21)28(25,26)14-16-3-5-17(22)6-4-16/h2-7,12H,8-11,13-14H2,1H3. The molecule has 0 bridgehead atoms. The topological polar surface area (TPSA) is 63.7 Å². The van der Waals surface area contributed by atoms with E-state index < -0.39 is 21.4 Å². The maximum atomic E-state index is 13.0. The number of ether oxygens (including phenoxy) is 1. The Bertz CT molecular complexity index is 1010. The molecule has 1 fully saturated rings. The van der Waals surface area contributed by atoms with Crippen molar-refractivity contribution in [1.82, 2.24) is 4.31 Å². The van der Waals surface area contributed by atoms with E-state index in [1.54, 1.807) is 0 Å². The first kappa shape index (κ1) is 19.1. The molecule has 2 aromatic rings. The first-order valence-corrected chi connectivity index (χ1v) is 10.9. The van der Waals surface area contributed by atoms with E-state index in [1.165, 1.54) is 28.6 Å². The molecule has 5 nitrogen and oxygen atoms in total. The number of piperidine rings is 1. The smallest absolute Gasteiger partial charge is 0.218 e. The second-order valence-electron chi connectivity index (χ2n) is 7.67. The molecule has 2 heterocycles. The van der Waals surface area contributed by atoms with E-state index in [2.05, 4.69) is 0 Å². The number of ketones is 1. The number of halogens is 1. The minimum absolute atomic E-state index is 0.0487. The normalized spacial score (nSPS) is 19.3. The summed E-state index contributed by atoms with van der Waals surface area (Å²) in [7, 11) is -3.51. The molecule has 0 aromatic heterocycles. The van der Waals surface area contributed by atoms with E-state index in [-0.39, 0.29) is 18.0 Å². The van der Waals surface area contributed by atoms with Crippen molar-refractivity contribution in [2.24, 2.45) is 0 Å². The van der Waals surface area contributed by atoms with Gasteiger partial charge in [-0.2, -0.15) is 0 Å². The summed E-state index contributed by atoms with van der Waals surface area (Å²) in [5, 5.41) is 0. The number of benzene rings is 2. The zero-order valence-electron chi connectivity index (χ0n) is 15.7. The zero-order valence-corrected chi connectivity index (χ0v) is 16.5. The Morgan fingerprint density at radius 3 is 2.46 bits per heavy atom. The van der Waals surface area contributed by atoms with Crippen LogP contribution in [0.3, 0.4) is 0 Å². The van der Waals surface area contributed by atoms with Gasteiger partial charge in [-0.3, -0.25) is 4.79 Å². The van der Waals surface area contributed by atoms with Crippen molar-refractivity contribution < 1.29 is 22.3 Å². The number of sulfonamides is 1. The van der Waals surface area contributed by atoms with Crippen molar-refractivity contribution in [2.75, 3.05) is 13.1 Å². The first-order valence-electron chi connectivity index (χ1n) is 9.32. The molecule has 0 saturated carbocycles. The summed E-state index contributed by atoms with van der Waals surface area (Å²) in [6.45, 7) is 2.54. The number of carbonyl (C=O) groups excluding carboxylic acids is 1. The van der Waals surface area contributed by atoms with Crippen molar-refractivity contribution in [3.05, 3.63) is 65.0 Å². The van der Waals surface area contributed by atoms with Gasteiger partial charge in [0, 0.05) is 25.9 Å².